The number of nitrogens with zero attached hydrogens (tertiary/aromatic N) is 5. The summed E-state index contributed by atoms with van der Waals surface area (Å²) in [4.78, 5) is 53.5. The molecule has 4 aromatic rings. The number of hydrogen-bond donors (Lipinski definition) is 1. The van der Waals surface area contributed by atoms with E-state index in [9.17, 15) is 14.4 Å². The Hall–Kier alpha value is -5.02. The molecule has 3 fully saturated rings. The maximum atomic E-state index is 13.9. The Balaban J connectivity index is 0.922. The predicted octanol–water partition coefficient (Wildman–Crippen LogP) is 5.79. The van der Waals surface area contributed by atoms with Crippen molar-refractivity contribution in [3.63, 3.8) is 0 Å². The van der Waals surface area contributed by atoms with E-state index in [1.165, 1.54) is 0 Å². The summed E-state index contributed by atoms with van der Waals surface area (Å²) in [5.41, 5.74) is 5.28. The van der Waals surface area contributed by atoms with Gasteiger partial charge < -0.3 is 20.0 Å². The Bertz CT molecular complexity index is 1700. The van der Waals surface area contributed by atoms with Crippen molar-refractivity contribution >= 4 is 17.8 Å². The van der Waals surface area contributed by atoms with E-state index in [1.807, 2.05) is 118 Å². The standard InChI is InChI=1S/C41H46N6O3/c48-39(45-23-25-46(26-24-45)41(50)42-29-31-11-4-1-5-12-31)34-17-10-20-47(30-34)36-18-21-44(22-19-36)40(49)35-27-37(32-13-6-2-7-14-32)43-38(28-35)33-15-8-3-9-16-33/h1-9,11-16,27-28,34,36H,10,17-26,29-30H2,(H,42,50)/t34-/m1/s1. The Morgan fingerprint density at radius 3 is 1.80 bits per heavy atom. The molecule has 258 valence electrons. The summed E-state index contributed by atoms with van der Waals surface area (Å²) in [6.45, 7) is 5.87. The lowest BCUT2D eigenvalue weighted by Gasteiger charge is -2.43. The molecule has 9 nitrogen and oxygen atoms in total. The highest BCUT2D eigenvalue weighted by Gasteiger charge is 2.35. The van der Waals surface area contributed by atoms with E-state index < -0.39 is 0 Å². The Labute approximate surface area is 294 Å². The van der Waals surface area contributed by atoms with Crippen LogP contribution in [0.25, 0.3) is 22.5 Å². The highest BCUT2D eigenvalue weighted by Crippen LogP contribution is 2.29. The van der Waals surface area contributed by atoms with Gasteiger partial charge in [0.25, 0.3) is 5.91 Å². The third kappa shape index (κ3) is 7.89. The van der Waals surface area contributed by atoms with Gasteiger partial charge in [0, 0.05) is 75.1 Å². The van der Waals surface area contributed by atoms with Crippen LogP contribution in [0.2, 0.25) is 0 Å². The fourth-order valence-corrected chi connectivity index (χ4v) is 7.60. The zero-order valence-electron chi connectivity index (χ0n) is 28.6. The second-order valence-electron chi connectivity index (χ2n) is 13.7. The molecule has 3 aliphatic heterocycles. The second kappa shape index (κ2) is 15.7. The van der Waals surface area contributed by atoms with Crippen LogP contribution >= 0.6 is 0 Å². The first kappa shape index (κ1) is 33.5. The van der Waals surface area contributed by atoms with Crippen LogP contribution in [0.3, 0.4) is 0 Å². The average molecular weight is 671 g/mol. The Morgan fingerprint density at radius 2 is 1.20 bits per heavy atom. The number of piperazine rings is 1. The summed E-state index contributed by atoms with van der Waals surface area (Å²) >= 11 is 0. The minimum absolute atomic E-state index is 0.0218. The van der Waals surface area contributed by atoms with E-state index in [4.69, 9.17) is 4.98 Å². The molecule has 50 heavy (non-hydrogen) atoms. The number of carbonyl (C=O) groups excluding carboxylic acids is 3. The maximum absolute atomic E-state index is 13.9. The number of benzene rings is 3. The molecule has 3 aliphatic rings. The minimum atomic E-state index is -0.0770. The molecule has 0 bridgehead atoms. The van der Waals surface area contributed by atoms with Gasteiger partial charge in [0.1, 0.15) is 0 Å². The number of piperidine rings is 2. The third-order valence-electron chi connectivity index (χ3n) is 10.4. The van der Waals surface area contributed by atoms with Gasteiger partial charge in [-0.3, -0.25) is 14.5 Å². The van der Waals surface area contributed by atoms with E-state index in [1.54, 1.807) is 0 Å². The molecule has 1 atom stereocenters. The molecule has 0 spiro atoms. The molecule has 0 radical (unpaired) electrons. The summed E-state index contributed by atoms with van der Waals surface area (Å²) in [7, 11) is 0. The topological polar surface area (TPSA) is 89.1 Å². The van der Waals surface area contributed by atoms with Crippen LogP contribution < -0.4 is 5.32 Å². The maximum Gasteiger partial charge on any atom is 0.317 e. The molecule has 9 heteroatoms. The lowest BCUT2D eigenvalue weighted by molar-refractivity contribution is -0.139. The highest BCUT2D eigenvalue weighted by molar-refractivity contribution is 5.96. The lowest BCUT2D eigenvalue weighted by atomic mass is 9.92. The zero-order chi connectivity index (χ0) is 34.3. The Kier molecular flexibility index (Phi) is 10.5. The monoisotopic (exact) mass is 670 g/mol. The van der Waals surface area contributed by atoms with Gasteiger partial charge in [-0.25, -0.2) is 9.78 Å². The number of urea groups is 1. The molecule has 1 aromatic heterocycles. The van der Waals surface area contributed by atoms with E-state index in [0.29, 0.717) is 57.4 Å². The summed E-state index contributed by atoms with van der Waals surface area (Å²) < 4.78 is 0. The van der Waals surface area contributed by atoms with Gasteiger partial charge in [-0.2, -0.15) is 0 Å². The summed E-state index contributed by atoms with van der Waals surface area (Å²) in [6.07, 6.45) is 3.69. The zero-order valence-corrected chi connectivity index (χ0v) is 28.6. The van der Waals surface area contributed by atoms with Gasteiger partial charge in [-0.05, 0) is 49.9 Å². The summed E-state index contributed by atoms with van der Waals surface area (Å²) in [5.74, 6) is 0.235. The van der Waals surface area contributed by atoms with E-state index in [0.717, 1.165) is 66.9 Å². The van der Waals surface area contributed by atoms with Gasteiger partial charge in [-0.1, -0.05) is 91.0 Å². The molecule has 0 aliphatic carbocycles. The van der Waals surface area contributed by atoms with Crippen molar-refractivity contribution in [3.8, 4) is 22.5 Å². The first-order chi connectivity index (χ1) is 24.5. The van der Waals surface area contributed by atoms with Crippen LogP contribution in [-0.2, 0) is 11.3 Å². The number of likely N-dealkylation sites (tertiary alicyclic amines) is 2. The number of nitrogens with one attached hydrogen (secondary N) is 1. The quantitative estimate of drug-likeness (QED) is 0.269. The number of hydrogen-bond acceptors (Lipinski definition) is 5. The van der Waals surface area contributed by atoms with Gasteiger partial charge in [0.05, 0.1) is 17.3 Å². The minimum Gasteiger partial charge on any atom is -0.339 e. The molecule has 3 saturated heterocycles. The normalized spacial score (nSPS) is 18.9. The largest absolute Gasteiger partial charge is 0.339 e. The number of amides is 4. The molecule has 4 amide bonds. The van der Waals surface area contributed by atoms with Crippen molar-refractivity contribution in [1.29, 1.82) is 0 Å². The molecule has 1 N–H and O–H groups in total. The van der Waals surface area contributed by atoms with Gasteiger partial charge in [-0.15, -0.1) is 0 Å². The number of pyridine rings is 1. The van der Waals surface area contributed by atoms with E-state index in [-0.39, 0.29) is 23.8 Å². The van der Waals surface area contributed by atoms with Crippen molar-refractivity contribution in [1.82, 2.24) is 29.9 Å². The third-order valence-corrected chi connectivity index (χ3v) is 10.4. The smallest absolute Gasteiger partial charge is 0.317 e. The first-order valence-corrected chi connectivity index (χ1v) is 18.0. The number of rotatable bonds is 7. The summed E-state index contributed by atoms with van der Waals surface area (Å²) in [5, 5.41) is 3.01. The van der Waals surface area contributed by atoms with Gasteiger partial charge in [0.15, 0.2) is 0 Å². The molecule has 0 saturated carbocycles. The van der Waals surface area contributed by atoms with E-state index in [2.05, 4.69) is 10.2 Å². The SMILES string of the molecule is O=C(NCc1ccccc1)N1CCN(C(=O)[C@@H]2CCCN(C3CCN(C(=O)c4cc(-c5ccccc5)nc(-c5ccccc5)c4)CC3)C2)CC1. The van der Waals surface area contributed by atoms with E-state index >= 15 is 0 Å². The molecule has 4 heterocycles. The fraction of sp³-hybridized carbons (Fsp3) is 0.366. The van der Waals surface area contributed by atoms with Crippen LogP contribution in [0.15, 0.2) is 103 Å². The van der Waals surface area contributed by atoms with Crippen molar-refractivity contribution in [2.24, 2.45) is 5.92 Å². The number of carbonyl (C=O) groups is 3. The van der Waals surface area contributed by atoms with Crippen LogP contribution in [-0.4, -0.2) is 101 Å². The molecule has 7 rings (SSSR count). The first-order valence-electron chi connectivity index (χ1n) is 18.0. The van der Waals surface area contributed by atoms with Crippen molar-refractivity contribution in [2.45, 2.75) is 38.3 Å². The van der Waals surface area contributed by atoms with Crippen molar-refractivity contribution in [3.05, 3.63) is 114 Å². The molecular formula is C41H46N6O3. The summed E-state index contributed by atoms with van der Waals surface area (Å²) in [6, 6.07) is 34.1. The van der Waals surface area contributed by atoms with Crippen LogP contribution in [0, 0.1) is 5.92 Å². The van der Waals surface area contributed by atoms with Gasteiger partial charge in [0.2, 0.25) is 5.91 Å². The highest BCUT2D eigenvalue weighted by atomic mass is 16.2. The fourth-order valence-electron chi connectivity index (χ4n) is 7.60. The molecule has 0 unspecified atom stereocenters. The average Bonchev–Trinajstić information content (AvgIpc) is 3.20. The predicted molar refractivity (Wildman–Crippen MR) is 195 cm³/mol. The van der Waals surface area contributed by atoms with Crippen LogP contribution in [0.5, 0.6) is 0 Å². The molecule has 3 aromatic carbocycles. The van der Waals surface area contributed by atoms with Crippen molar-refractivity contribution in [2.75, 3.05) is 52.4 Å². The Morgan fingerprint density at radius 1 is 0.640 bits per heavy atom. The lowest BCUT2D eigenvalue weighted by Crippen LogP contribution is -2.56. The number of aromatic nitrogens is 1. The van der Waals surface area contributed by atoms with Crippen LogP contribution in [0.1, 0.15) is 41.6 Å². The van der Waals surface area contributed by atoms with Crippen molar-refractivity contribution < 1.29 is 14.4 Å². The molecular weight excluding hydrogens is 624 g/mol. The van der Waals surface area contributed by atoms with Gasteiger partial charge >= 0.3 is 6.03 Å². The second-order valence-corrected chi connectivity index (χ2v) is 13.7. The van der Waals surface area contributed by atoms with Crippen LogP contribution in [0.4, 0.5) is 4.79 Å².